The van der Waals surface area contributed by atoms with Gasteiger partial charge in [0.15, 0.2) is 0 Å². The molecule has 1 saturated carbocycles. The number of benzene rings is 1. The third-order valence-corrected chi connectivity index (χ3v) is 3.98. The van der Waals surface area contributed by atoms with Crippen molar-refractivity contribution in [3.63, 3.8) is 0 Å². The highest BCUT2D eigenvalue weighted by Gasteiger charge is 2.17. The monoisotopic (exact) mass is 316 g/mol. The maximum atomic E-state index is 12.2. The fourth-order valence-corrected chi connectivity index (χ4v) is 2.59. The molecule has 124 valence electrons. The van der Waals surface area contributed by atoms with Crippen molar-refractivity contribution >= 4 is 11.9 Å². The van der Waals surface area contributed by atoms with Gasteiger partial charge in [0.05, 0.1) is 5.56 Å². The van der Waals surface area contributed by atoms with Gasteiger partial charge in [0.2, 0.25) is 0 Å². The van der Waals surface area contributed by atoms with Crippen molar-refractivity contribution in [2.24, 2.45) is 0 Å². The predicted molar refractivity (Wildman–Crippen MR) is 88.0 cm³/mol. The summed E-state index contributed by atoms with van der Waals surface area (Å²) in [6, 6.07) is 6.97. The van der Waals surface area contributed by atoms with E-state index >= 15 is 0 Å². The predicted octanol–water partition coefficient (Wildman–Crippen LogP) is 4.19. The van der Waals surface area contributed by atoms with Crippen LogP contribution in [-0.4, -0.2) is 18.0 Å². The van der Waals surface area contributed by atoms with Crippen molar-refractivity contribution in [3.8, 4) is 0 Å². The highest BCUT2D eigenvalue weighted by Crippen LogP contribution is 2.21. The fraction of sp³-hybridized carbons (Fsp3) is 0.474. The first-order valence-electron chi connectivity index (χ1n) is 8.19. The lowest BCUT2D eigenvalue weighted by Gasteiger charge is -2.15. The van der Waals surface area contributed by atoms with Crippen LogP contribution in [0.5, 0.6) is 0 Å². The Kier molecular flexibility index (Phi) is 6.39. The van der Waals surface area contributed by atoms with Crippen molar-refractivity contribution in [1.29, 1.82) is 0 Å². The Bertz CT molecular complexity index is 551. The van der Waals surface area contributed by atoms with E-state index in [1.165, 1.54) is 12.8 Å². The van der Waals surface area contributed by atoms with Crippen LogP contribution in [0.25, 0.3) is 0 Å². The van der Waals surface area contributed by atoms with Crippen molar-refractivity contribution in [2.45, 2.75) is 58.2 Å². The molecule has 4 heteroatoms. The molecule has 0 unspecified atom stereocenters. The van der Waals surface area contributed by atoms with E-state index in [2.05, 4.69) is 6.58 Å². The smallest absolute Gasteiger partial charge is 0.338 e. The topological polar surface area (TPSA) is 52.6 Å². The van der Waals surface area contributed by atoms with Crippen LogP contribution in [0.4, 0.5) is 0 Å². The molecule has 23 heavy (non-hydrogen) atoms. The summed E-state index contributed by atoms with van der Waals surface area (Å²) in [5.41, 5.74) is 1.73. The molecule has 2 rings (SSSR count). The Morgan fingerprint density at radius 1 is 1.09 bits per heavy atom. The molecule has 0 radical (unpaired) electrons. The molecule has 4 nitrogen and oxygen atoms in total. The highest BCUT2D eigenvalue weighted by molar-refractivity contribution is 5.89. The largest absolute Gasteiger partial charge is 0.459 e. The number of rotatable bonds is 5. The second kappa shape index (κ2) is 8.51. The van der Waals surface area contributed by atoms with E-state index in [4.69, 9.17) is 9.47 Å². The van der Waals surface area contributed by atoms with Crippen molar-refractivity contribution < 1.29 is 19.1 Å². The first kappa shape index (κ1) is 17.3. The van der Waals surface area contributed by atoms with Gasteiger partial charge in [0.25, 0.3) is 0 Å². The molecule has 1 aromatic rings. The molecule has 1 aliphatic rings. The van der Waals surface area contributed by atoms with Gasteiger partial charge in [-0.2, -0.15) is 0 Å². The Morgan fingerprint density at radius 3 is 2.26 bits per heavy atom. The number of hydrogen-bond donors (Lipinski definition) is 0. The lowest BCUT2D eigenvalue weighted by molar-refractivity contribution is -0.140. The average Bonchev–Trinajstić information content (AvgIpc) is 2.81. The first-order valence-corrected chi connectivity index (χ1v) is 8.19. The summed E-state index contributed by atoms with van der Waals surface area (Å²) in [4.78, 5) is 23.5. The van der Waals surface area contributed by atoms with Gasteiger partial charge in [-0.15, -0.1) is 0 Å². The third kappa shape index (κ3) is 5.55. The van der Waals surface area contributed by atoms with Crippen LogP contribution >= 0.6 is 0 Å². The Morgan fingerprint density at radius 2 is 1.70 bits per heavy atom. The SMILES string of the molecule is C=C(C)C(=O)OCc1ccc(C(=O)OC2CCCCCC2)cc1. The van der Waals surface area contributed by atoms with Crippen LogP contribution in [-0.2, 0) is 20.9 Å². The minimum Gasteiger partial charge on any atom is -0.459 e. The molecular formula is C19H24O4. The van der Waals surface area contributed by atoms with Crippen LogP contribution in [0.3, 0.4) is 0 Å². The maximum Gasteiger partial charge on any atom is 0.338 e. The Balaban J connectivity index is 1.86. The normalized spacial score (nSPS) is 15.5. The number of hydrogen-bond acceptors (Lipinski definition) is 4. The van der Waals surface area contributed by atoms with E-state index in [9.17, 15) is 9.59 Å². The molecule has 0 aliphatic heterocycles. The van der Waals surface area contributed by atoms with Crippen LogP contribution in [0, 0.1) is 0 Å². The van der Waals surface area contributed by atoms with Crippen LogP contribution < -0.4 is 0 Å². The van der Waals surface area contributed by atoms with Crippen molar-refractivity contribution in [2.75, 3.05) is 0 Å². The van der Waals surface area contributed by atoms with Crippen molar-refractivity contribution in [1.82, 2.24) is 0 Å². The summed E-state index contributed by atoms with van der Waals surface area (Å²) in [5.74, 6) is -0.691. The van der Waals surface area contributed by atoms with Crippen LogP contribution in [0.15, 0.2) is 36.4 Å². The molecule has 0 heterocycles. The average molecular weight is 316 g/mol. The minimum atomic E-state index is -0.415. The summed E-state index contributed by atoms with van der Waals surface area (Å²) >= 11 is 0. The van der Waals surface area contributed by atoms with Crippen molar-refractivity contribution in [3.05, 3.63) is 47.5 Å². The molecule has 0 spiro atoms. The van der Waals surface area contributed by atoms with Crippen LogP contribution in [0.2, 0.25) is 0 Å². The lowest BCUT2D eigenvalue weighted by Crippen LogP contribution is -2.17. The van der Waals surface area contributed by atoms with E-state index in [1.807, 2.05) is 0 Å². The lowest BCUT2D eigenvalue weighted by atomic mass is 10.1. The number of carbonyl (C=O) groups is 2. The molecule has 1 fully saturated rings. The van der Waals surface area contributed by atoms with E-state index in [0.717, 1.165) is 31.2 Å². The van der Waals surface area contributed by atoms with E-state index in [-0.39, 0.29) is 18.7 Å². The molecular weight excluding hydrogens is 292 g/mol. The summed E-state index contributed by atoms with van der Waals surface area (Å²) in [6.07, 6.45) is 6.68. The first-order chi connectivity index (χ1) is 11.1. The molecule has 0 atom stereocenters. The third-order valence-electron chi connectivity index (χ3n) is 3.98. The maximum absolute atomic E-state index is 12.2. The van der Waals surface area contributed by atoms with Gasteiger partial charge in [-0.25, -0.2) is 9.59 Å². The zero-order chi connectivity index (χ0) is 16.7. The summed E-state index contributed by atoms with van der Waals surface area (Å²) in [6.45, 7) is 5.31. The molecule has 0 saturated heterocycles. The standard InChI is InChI=1S/C19H24O4/c1-14(2)18(20)22-13-15-9-11-16(12-10-15)19(21)23-17-7-5-3-4-6-8-17/h9-12,17H,1,3-8,13H2,2H3. The van der Waals surface area contributed by atoms with Crippen LogP contribution in [0.1, 0.15) is 61.4 Å². The summed E-state index contributed by atoms with van der Waals surface area (Å²) in [5, 5.41) is 0. The molecule has 1 aliphatic carbocycles. The van der Waals surface area contributed by atoms with E-state index in [0.29, 0.717) is 11.1 Å². The fourth-order valence-electron chi connectivity index (χ4n) is 2.59. The zero-order valence-corrected chi connectivity index (χ0v) is 13.7. The van der Waals surface area contributed by atoms with Gasteiger partial charge in [-0.1, -0.05) is 31.6 Å². The molecule has 1 aromatic carbocycles. The van der Waals surface area contributed by atoms with Gasteiger partial charge >= 0.3 is 11.9 Å². The quantitative estimate of drug-likeness (QED) is 0.464. The molecule has 0 bridgehead atoms. The van der Waals surface area contributed by atoms with Gasteiger partial charge in [0.1, 0.15) is 12.7 Å². The molecule has 0 N–H and O–H groups in total. The Hall–Kier alpha value is -2.10. The van der Waals surface area contributed by atoms with E-state index in [1.54, 1.807) is 31.2 Å². The highest BCUT2D eigenvalue weighted by atomic mass is 16.5. The Labute approximate surface area is 137 Å². The number of carbonyl (C=O) groups excluding carboxylic acids is 2. The van der Waals surface area contributed by atoms with Gasteiger partial charge in [0, 0.05) is 5.57 Å². The number of esters is 2. The summed E-state index contributed by atoms with van der Waals surface area (Å²) in [7, 11) is 0. The van der Waals surface area contributed by atoms with Gasteiger partial charge < -0.3 is 9.47 Å². The van der Waals surface area contributed by atoms with Gasteiger partial charge in [-0.3, -0.25) is 0 Å². The van der Waals surface area contributed by atoms with E-state index < -0.39 is 5.97 Å². The molecule has 0 aromatic heterocycles. The summed E-state index contributed by atoms with van der Waals surface area (Å²) < 4.78 is 10.7. The minimum absolute atomic E-state index is 0.0428. The molecule has 0 amide bonds. The zero-order valence-electron chi connectivity index (χ0n) is 13.7. The second-order valence-corrected chi connectivity index (χ2v) is 6.07. The van der Waals surface area contributed by atoms with Gasteiger partial charge in [-0.05, 0) is 50.3 Å². The second-order valence-electron chi connectivity index (χ2n) is 6.07. The number of ether oxygens (including phenoxy) is 2.